The maximum absolute atomic E-state index is 10.3. The highest BCUT2D eigenvalue weighted by Crippen LogP contribution is 2.10. The monoisotopic (exact) mass is 152 g/mol. The Kier molecular flexibility index (Phi) is 2.21. The predicted octanol–water partition coefficient (Wildman–Crippen LogP) is 2.05. The van der Waals surface area contributed by atoms with Crippen LogP contribution in [0.1, 0.15) is 12.5 Å². The lowest BCUT2D eigenvalue weighted by atomic mass is 10.2. The van der Waals surface area contributed by atoms with Crippen LogP contribution < -0.4 is 0 Å². The van der Waals surface area contributed by atoms with Gasteiger partial charge in [0.1, 0.15) is 0 Å². The van der Waals surface area contributed by atoms with Crippen molar-refractivity contribution in [2.45, 2.75) is 13.3 Å². The molecule has 0 bridgehead atoms. The summed E-state index contributed by atoms with van der Waals surface area (Å²) in [7, 11) is 0. The Bertz CT molecular complexity index is 253. The van der Waals surface area contributed by atoms with Crippen molar-refractivity contribution in [3.63, 3.8) is 0 Å². The van der Waals surface area contributed by atoms with Crippen molar-refractivity contribution in [1.82, 2.24) is 0 Å². The van der Waals surface area contributed by atoms with Gasteiger partial charge in [0, 0.05) is 12.1 Å². The molecule has 0 spiro atoms. The Morgan fingerprint density at radius 3 is 2.27 bits per heavy atom. The summed E-state index contributed by atoms with van der Waals surface area (Å²) in [5, 5.41) is 8.47. The lowest BCUT2D eigenvalue weighted by Gasteiger charge is -1.91. The van der Waals surface area contributed by atoms with Gasteiger partial charge in [-0.15, -0.1) is 0 Å². The van der Waals surface area contributed by atoms with Crippen LogP contribution in [0.2, 0.25) is 0 Å². The molecule has 1 N–H and O–H groups in total. The van der Waals surface area contributed by atoms with Gasteiger partial charge in [-0.2, -0.15) is 0 Å². The second-order valence-electron chi connectivity index (χ2n) is 2.29. The molecule has 3 heteroatoms. The fourth-order valence-corrected chi connectivity index (χ4v) is 0.859. The Hall–Kier alpha value is -1.38. The van der Waals surface area contributed by atoms with Gasteiger partial charge in [-0.25, -0.2) is 5.21 Å². The minimum absolute atomic E-state index is 0.139. The number of benzene rings is 1. The van der Waals surface area contributed by atoms with Crippen LogP contribution in [-0.4, -0.2) is 10.1 Å². The summed E-state index contributed by atoms with van der Waals surface area (Å²) in [5.74, 6) is 0. The fourth-order valence-electron chi connectivity index (χ4n) is 0.859. The van der Waals surface area contributed by atoms with E-state index in [4.69, 9.17) is 5.21 Å². The van der Waals surface area contributed by atoms with Crippen molar-refractivity contribution in [3.8, 4) is 0 Å². The third-order valence-corrected chi connectivity index (χ3v) is 1.57. The summed E-state index contributed by atoms with van der Waals surface area (Å²) in [6, 6.07) is 6.81. The first kappa shape index (κ1) is 7.72. The molecule has 0 aliphatic carbocycles. The first-order chi connectivity index (χ1) is 5.24. The molecule has 0 atom stereocenters. The van der Waals surface area contributed by atoms with Crippen molar-refractivity contribution in [3.05, 3.63) is 34.7 Å². The van der Waals surface area contributed by atoms with Crippen LogP contribution in [0.4, 0.5) is 5.69 Å². The van der Waals surface area contributed by atoms with E-state index in [0.29, 0.717) is 0 Å². The van der Waals surface area contributed by atoms with E-state index in [0.717, 1.165) is 12.0 Å². The molecule has 3 nitrogen and oxygen atoms in total. The van der Waals surface area contributed by atoms with Crippen LogP contribution in [0.15, 0.2) is 24.3 Å². The second kappa shape index (κ2) is 3.14. The van der Waals surface area contributed by atoms with Crippen LogP contribution in [0.5, 0.6) is 0 Å². The molecule has 58 valence electrons. The first-order valence-corrected chi connectivity index (χ1v) is 3.49. The zero-order valence-corrected chi connectivity index (χ0v) is 6.32. The third-order valence-electron chi connectivity index (χ3n) is 1.57. The molecule has 0 amide bonds. The molecule has 0 unspecified atom stereocenters. The van der Waals surface area contributed by atoms with Gasteiger partial charge in [-0.1, -0.05) is 19.1 Å². The number of rotatable bonds is 2. The average molecular weight is 152 g/mol. The molecule has 0 aromatic heterocycles. The fraction of sp³-hybridized carbons (Fsp3) is 0.250. The van der Waals surface area contributed by atoms with Gasteiger partial charge in [0.15, 0.2) is 0 Å². The molecule has 0 radical (unpaired) electrons. The summed E-state index contributed by atoms with van der Waals surface area (Å²) < 4.78 is 0. The molecule has 0 aliphatic heterocycles. The van der Waals surface area contributed by atoms with Gasteiger partial charge in [0.2, 0.25) is 0 Å². The molecule has 1 aromatic rings. The minimum atomic E-state index is -0.139. The molecular formula is C8H10NO2+. The molecule has 1 rings (SSSR count). The van der Waals surface area contributed by atoms with Gasteiger partial charge < -0.3 is 0 Å². The zero-order valence-electron chi connectivity index (χ0n) is 6.32. The quantitative estimate of drug-likeness (QED) is 0.659. The minimum Gasteiger partial charge on any atom is -0.241 e. The van der Waals surface area contributed by atoms with Crippen molar-refractivity contribution < 1.29 is 10.1 Å². The van der Waals surface area contributed by atoms with E-state index in [2.05, 4.69) is 0 Å². The zero-order chi connectivity index (χ0) is 8.27. The number of hydrogen-bond acceptors (Lipinski definition) is 1. The normalized spacial score (nSPS) is 9.55. The molecular weight excluding hydrogens is 142 g/mol. The smallest absolute Gasteiger partial charge is 0.241 e. The summed E-state index contributed by atoms with van der Waals surface area (Å²) in [6.07, 6.45) is 0.935. The number of nitrogens with zero attached hydrogens (tertiary/aromatic N) is 1. The Balaban J connectivity index is 2.91. The van der Waals surface area contributed by atoms with Crippen molar-refractivity contribution >= 4 is 5.69 Å². The van der Waals surface area contributed by atoms with Gasteiger partial charge in [-0.05, 0) is 12.0 Å². The van der Waals surface area contributed by atoms with E-state index < -0.39 is 0 Å². The lowest BCUT2D eigenvalue weighted by molar-refractivity contribution is -0.729. The van der Waals surface area contributed by atoms with Crippen LogP contribution >= 0.6 is 0 Å². The molecule has 0 aliphatic rings. The van der Waals surface area contributed by atoms with Crippen LogP contribution in [0, 0.1) is 4.91 Å². The predicted molar refractivity (Wildman–Crippen MR) is 40.9 cm³/mol. The van der Waals surface area contributed by atoms with Crippen molar-refractivity contribution in [2.75, 3.05) is 0 Å². The first-order valence-electron chi connectivity index (χ1n) is 3.49. The highest BCUT2D eigenvalue weighted by molar-refractivity contribution is 5.32. The molecule has 0 saturated carbocycles. The van der Waals surface area contributed by atoms with Crippen LogP contribution in [0.3, 0.4) is 0 Å². The third kappa shape index (κ3) is 1.77. The lowest BCUT2D eigenvalue weighted by Crippen LogP contribution is -1.91. The van der Waals surface area contributed by atoms with Crippen LogP contribution in [-0.2, 0) is 6.42 Å². The summed E-state index contributed by atoms with van der Waals surface area (Å²) >= 11 is 0. The van der Waals surface area contributed by atoms with Crippen LogP contribution in [0.25, 0.3) is 0 Å². The summed E-state index contributed by atoms with van der Waals surface area (Å²) in [4.78, 5) is 10.2. The summed E-state index contributed by atoms with van der Waals surface area (Å²) in [6.45, 7) is 2.03. The maximum atomic E-state index is 10.3. The van der Waals surface area contributed by atoms with E-state index in [-0.39, 0.29) is 10.6 Å². The largest absolute Gasteiger partial charge is 0.316 e. The number of aryl methyl sites for hydroxylation is 1. The molecule has 0 fully saturated rings. The average Bonchev–Trinajstić information content (AvgIpc) is 2.05. The van der Waals surface area contributed by atoms with Crippen molar-refractivity contribution in [2.24, 2.45) is 0 Å². The van der Waals surface area contributed by atoms with E-state index >= 15 is 0 Å². The van der Waals surface area contributed by atoms with E-state index in [9.17, 15) is 4.91 Å². The topological polar surface area (TPSA) is 40.3 Å². The van der Waals surface area contributed by atoms with E-state index in [1.54, 1.807) is 12.1 Å². The Morgan fingerprint density at radius 2 is 1.91 bits per heavy atom. The maximum Gasteiger partial charge on any atom is 0.316 e. The molecule has 11 heavy (non-hydrogen) atoms. The van der Waals surface area contributed by atoms with Gasteiger partial charge in [0.25, 0.3) is 4.92 Å². The highest BCUT2D eigenvalue weighted by atomic mass is 16.6. The van der Waals surface area contributed by atoms with E-state index in [1.807, 2.05) is 19.1 Å². The Labute approximate surface area is 64.8 Å². The van der Waals surface area contributed by atoms with Gasteiger partial charge in [0.05, 0.1) is 4.91 Å². The second-order valence-corrected chi connectivity index (χ2v) is 2.29. The van der Waals surface area contributed by atoms with Gasteiger partial charge >= 0.3 is 5.69 Å². The standard InChI is InChI=1S/C8H10NO2/c1-2-7-3-5-8(6-4-7)9(10)11/h3-6H,2H2,1H3,(H,10,11)/q+1. The molecule has 0 heterocycles. The highest BCUT2D eigenvalue weighted by Gasteiger charge is 2.08. The molecule has 1 aromatic carbocycles. The van der Waals surface area contributed by atoms with E-state index in [1.165, 1.54) is 0 Å². The summed E-state index contributed by atoms with van der Waals surface area (Å²) in [5.41, 5.74) is 1.41. The number of hydrogen-bond donors (Lipinski definition) is 1. The Morgan fingerprint density at radius 1 is 1.36 bits per heavy atom. The van der Waals surface area contributed by atoms with Gasteiger partial charge in [-0.3, -0.25) is 0 Å². The van der Waals surface area contributed by atoms with Crippen molar-refractivity contribution in [1.29, 1.82) is 0 Å². The SMILES string of the molecule is CCc1ccc([N+](=O)O)cc1. The molecule has 0 saturated heterocycles.